The van der Waals surface area contributed by atoms with Gasteiger partial charge in [0, 0.05) is 44.3 Å². The van der Waals surface area contributed by atoms with Crippen molar-refractivity contribution in [3.8, 4) is 0 Å². The fraction of sp³-hybridized carbons (Fsp3) is 0.792. The van der Waals surface area contributed by atoms with E-state index < -0.39 is 5.60 Å². The molecule has 0 spiro atoms. The van der Waals surface area contributed by atoms with E-state index in [1.54, 1.807) is 6.20 Å². The standard InChI is InChI=1S/C24H35N5O3/c30-22(27-20-17-9-15-10-18(20)13-24(31,11-15)12-17)19-14-26-23(28-21(19)16-1-2-16)25-3-4-29-5-7-32-8-6-29/h14-18,20,31H,1-13H2,(H,27,30)(H,25,26,28)/t15?,17?,18?,20-,24+. The zero-order valence-electron chi connectivity index (χ0n) is 18.8. The van der Waals surface area contributed by atoms with Crippen molar-refractivity contribution < 1.29 is 14.6 Å². The number of nitrogens with one attached hydrogen (secondary N) is 2. The van der Waals surface area contributed by atoms with Crippen LogP contribution in [0.5, 0.6) is 0 Å². The summed E-state index contributed by atoms with van der Waals surface area (Å²) in [5.74, 6) is 2.41. The lowest BCUT2D eigenvalue weighted by Crippen LogP contribution is -2.61. The molecule has 0 radical (unpaired) electrons. The van der Waals surface area contributed by atoms with Gasteiger partial charge in [-0.2, -0.15) is 0 Å². The largest absolute Gasteiger partial charge is 0.390 e. The normalized spacial score (nSPS) is 36.3. The number of anilines is 1. The zero-order chi connectivity index (χ0) is 21.7. The molecular formula is C24H35N5O3. The number of ether oxygens (including phenoxy) is 1. The molecule has 4 bridgehead atoms. The summed E-state index contributed by atoms with van der Waals surface area (Å²) in [6, 6.07) is 0.178. The molecule has 8 heteroatoms. The highest BCUT2D eigenvalue weighted by Crippen LogP contribution is 2.55. The van der Waals surface area contributed by atoms with Crippen molar-refractivity contribution in [1.29, 1.82) is 0 Å². The van der Waals surface area contributed by atoms with Gasteiger partial charge in [-0.1, -0.05) is 0 Å². The van der Waals surface area contributed by atoms with Crippen molar-refractivity contribution in [3.05, 3.63) is 17.5 Å². The van der Waals surface area contributed by atoms with Crippen molar-refractivity contribution in [3.63, 3.8) is 0 Å². The van der Waals surface area contributed by atoms with Crippen LogP contribution in [-0.4, -0.2) is 76.9 Å². The molecule has 32 heavy (non-hydrogen) atoms. The van der Waals surface area contributed by atoms with Gasteiger partial charge in [-0.25, -0.2) is 9.97 Å². The van der Waals surface area contributed by atoms with Crippen LogP contribution in [0.1, 0.15) is 66.9 Å². The van der Waals surface area contributed by atoms with Crippen LogP contribution in [-0.2, 0) is 4.74 Å². The molecule has 1 amide bonds. The number of carbonyl (C=O) groups is 1. The van der Waals surface area contributed by atoms with E-state index in [4.69, 9.17) is 9.72 Å². The first-order chi connectivity index (χ1) is 15.6. The fourth-order valence-corrected chi connectivity index (χ4v) is 6.92. The summed E-state index contributed by atoms with van der Waals surface area (Å²) in [6.45, 7) is 5.26. The van der Waals surface area contributed by atoms with Crippen LogP contribution < -0.4 is 10.6 Å². The fourth-order valence-electron chi connectivity index (χ4n) is 6.92. The number of carbonyl (C=O) groups excluding carboxylic acids is 1. The van der Waals surface area contributed by atoms with Crippen LogP contribution in [0, 0.1) is 17.8 Å². The highest BCUT2D eigenvalue weighted by Gasteiger charge is 2.55. The topological polar surface area (TPSA) is 99.6 Å². The van der Waals surface area contributed by atoms with Gasteiger partial charge < -0.3 is 20.5 Å². The van der Waals surface area contributed by atoms with E-state index >= 15 is 0 Å². The first-order valence-corrected chi connectivity index (χ1v) is 12.5. The molecule has 2 atom stereocenters. The maximum atomic E-state index is 13.3. The van der Waals surface area contributed by atoms with Gasteiger partial charge >= 0.3 is 0 Å². The Morgan fingerprint density at radius 2 is 1.94 bits per heavy atom. The lowest BCUT2D eigenvalue weighted by molar-refractivity contribution is -0.136. The Hall–Kier alpha value is -1.77. The minimum atomic E-state index is -0.478. The predicted molar refractivity (Wildman–Crippen MR) is 120 cm³/mol. The van der Waals surface area contributed by atoms with E-state index in [0.29, 0.717) is 35.2 Å². The molecule has 1 aromatic rings. The number of morpholine rings is 1. The quantitative estimate of drug-likeness (QED) is 0.593. The molecule has 174 valence electrons. The lowest BCUT2D eigenvalue weighted by Gasteiger charge is -2.58. The summed E-state index contributed by atoms with van der Waals surface area (Å²) >= 11 is 0. The molecule has 6 aliphatic rings. The number of nitrogens with zero attached hydrogens (tertiary/aromatic N) is 3. The molecule has 0 aromatic carbocycles. The summed E-state index contributed by atoms with van der Waals surface area (Å²) in [5, 5.41) is 17.5. The second kappa shape index (κ2) is 8.22. The average Bonchev–Trinajstić information content (AvgIpc) is 3.61. The van der Waals surface area contributed by atoms with Crippen LogP contribution in [0.25, 0.3) is 0 Å². The van der Waals surface area contributed by atoms with E-state index in [-0.39, 0.29) is 11.9 Å². The van der Waals surface area contributed by atoms with Crippen LogP contribution in [0.2, 0.25) is 0 Å². The van der Waals surface area contributed by atoms with Gasteiger partial charge in [-0.15, -0.1) is 0 Å². The molecule has 6 fully saturated rings. The molecule has 8 nitrogen and oxygen atoms in total. The van der Waals surface area contributed by atoms with Crippen LogP contribution in [0.4, 0.5) is 5.95 Å². The molecule has 7 rings (SSSR count). The van der Waals surface area contributed by atoms with Crippen molar-refractivity contribution in [1.82, 2.24) is 20.2 Å². The van der Waals surface area contributed by atoms with Crippen LogP contribution in [0.15, 0.2) is 6.20 Å². The molecule has 1 aliphatic heterocycles. The smallest absolute Gasteiger partial charge is 0.254 e. The SMILES string of the molecule is O=C(N[C@H]1C2CC3CC1C[C@@](O)(C3)C2)c1cnc(NCCN2CCOCC2)nc1C1CC1. The third-order valence-electron chi connectivity index (χ3n) is 8.38. The van der Waals surface area contributed by atoms with Gasteiger partial charge in [-0.3, -0.25) is 9.69 Å². The van der Waals surface area contributed by atoms with E-state index in [2.05, 4.69) is 20.5 Å². The molecule has 1 saturated heterocycles. The minimum absolute atomic E-state index is 0.0313. The van der Waals surface area contributed by atoms with Gasteiger partial charge in [0.1, 0.15) is 0 Å². The molecule has 2 unspecified atom stereocenters. The van der Waals surface area contributed by atoms with Crippen LogP contribution in [0.3, 0.4) is 0 Å². The Kier molecular flexibility index (Phi) is 5.35. The van der Waals surface area contributed by atoms with Gasteiger partial charge in [0.25, 0.3) is 5.91 Å². The maximum Gasteiger partial charge on any atom is 0.254 e. The molecule has 1 aromatic heterocycles. The number of hydrogen-bond donors (Lipinski definition) is 3. The summed E-state index contributed by atoms with van der Waals surface area (Å²) in [7, 11) is 0. The van der Waals surface area contributed by atoms with Crippen LogP contribution >= 0.6 is 0 Å². The number of aromatic nitrogens is 2. The van der Waals surface area contributed by atoms with Crippen molar-refractivity contribution >= 4 is 11.9 Å². The lowest BCUT2D eigenvalue weighted by atomic mass is 9.52. The molecule has 3 N–H and O–H groups in total. The van der Waals surface area contributed by atoms with E-state index in [9.17, 15) is 9.90 Å². The third-order valence-corrected chi connectivity index (χ3v) is 8.38. The van der Waals surface area contributed by atoms with Crippen molar-refractivity contribution in [2.45, 2.75) is 62.5 Å². The minimum Gasteiger partial charge on any atom is -0.390 e. The predicted octanol–water partition coefficient (Wildman–Crippen LogP) is 1.77. The first-order valence-electron chi connectivity index (χ1n) is 12.5. The van der Waals surface area contributed by atoms with Gasteiger partial charge in [0.05, 0.1) is 30.1 Å². The highest BCUT2D eigenvalue weighted by atomic mass is 16.5. The summed E-state index contributed by atoms with van der Waals surface area (Å²) in [5.41, 5.74) is 1.06. The summed E-state index contributed by atoms with van der Waals surface area (Å²) in [4.78, 5) is 24.9. The molecule has 5 saturated carbocycles. The number of hydrogen-bond acceptors (Lipinski definition) is 7. The Morgan fingerprint density at radius 3 is 2.62 bits per heavy atom. The monoisotopic (exact) mass is 441 g/mol. The summed E-state index contributed by atoms with van der Waals surface area (Å²) in [6.07, 6.45) is 8.81. The second-order valence-electron chi connectivity index (χ2n) is 10.8. The van der Waals surface area contributed by atoms with Gasteiger partial charge in [0.2, 0.25) is 5.95 Å². The van der Waals surface area contributed by atoms with Crippen molar-refractivity contribution in [2.75, 3.05) is 44.7 Å². The molecule has 5 aliphatic carbocycles. The average molecular weight is 442 g/mol. The number of rotatable bonds is 7. The Bertz CT molecular complexity index is 853. The number of aliphatic hydroxyl groups is 1. The molecular weight excluding hydrogens is 406 g/mol. The van der Waals surface area contributed by atoms with E-state index in [1.165, 1.54) is 0 Å². The van der Waals surface area contributed by atoms with Gasteiger partial charge in [0.15, 0.2) is 0 Å². The van der Waals surface area contributed by atoms with Crippen molar-refractivity contribution in [2.24, 2.45) is 17.8 Å². The van der Waals surface area contributed by atoms with E-state index in [1.807, 2.05) is 0 Å². The summed E-state index contributed by atoms with van der Waals surface area (Å²) < 4.78 is 5.40. The third kappa shape index (κ3) is 4.13. The Balaban J connectivity index is 1.11. The zero-order valence-corrected chi connectivity index (χ0v) is 18.8. The maximum absolute atomic E-state index is 13.3. The highest BCUT2D eigenvalue weighted by molar-refractivity contribution is 5.95. The number of amides is 1. The van der Waals surface area contributed by atoms with E-state index in [0.717, 1.165) is 90.0 Å². The second-order valence-corrected chi connectivity index (χ2v) is 10.8. The Morgan fingerprint density at radius 1 is 1.19 bits per heavy atom. The molecule has 2 heterocycles. The Labute approximate surface area is 189 Å². The van der Waals surface area contributed by atoms with Gasteiger partial charge in [-0.05, 0) is 62.7 Å². The first kappa shape index (κ1) is 20.8.